The van der Waals surface area contributed by atoms with Crippen molar-refractivity contribution in [3.8, 4) is 0 Å². The van der Waals surface area contributed by atoms with Crippen LogP contribution in [0.1, 0.15) is 58.8 Å². The Hall–Kier alpha value is -2.44. The van der Waals surface area contributed by atoms with Gasteiger partial charge in [0.05, 0.1) is 0 Å². The number of nitrogens with one attached hydrogen (secondary N) is 3. The zero-order valence-electron chi connectivity index (χ0n) is 16.1. The highest BCUT2D eigenvalue weighted by atomic mass is 16.2. The van der Waals surface area contributed by atoms with Crippen LogP contribution in [-0.2, 0) is 19.2 Å². The van der Waals surface area contributed by atoms with E-state index in [1.165, 1.54) is 0 Å². The van der Waals surface area contributed by atoms with E-state index in [1.54, 1.807) is 6.08 Å². The quantitative estimate of drug-likeness (QED) is 0.442. The molecule has 3 N–H and O–H groups in total. The van der Waals surface area contributed by atoms with Crippen LogP contribution in [0.4, 0.5) is 0 Å². The monoisotopic (exact) mass is 375 g/mol. The number of piperidine rings is 1. The van der Waals surface area contributed by atoms with Crippen molar-refractivity contribution in [1.82, 2.24) is 16.0 Å². The molecule has 1 saturated heterocycles. The van der Waals surface area contributed by atoms with Gasteiger partial charge < -0.3 is 10.6 Å². The summed E-state index contributed by atoms with van der Waals surface area (Å²) in [5.74, 6) is -1.29. The van der Waals surface area contributed by atoms with Crippen LogP contribution in [0.2, 0.25) is 0 Å². The van der Waals surface area contributed by atoms with E-state index in [1.807, 2.05) is 13.0 Å². The molecule has 27 heavy (non-hydrogen) atoms. The van der Waals surface area contributed by atoms with Gasteiger partial charge in [-0.05, 0) is 31.3 Å². The second-order valence-electron chi connectivity index (χ2n) is 7.27. The summed E-state index contributed by atoms with van der Waals surface area (Å²) in [4.78, 5) is 47.9. The normalized spacial score (nSPS) is 22.4. The number of rotatable bonds is 8. The average molecular weight is 375 g/mol. The molecule has 1 heterocycles. The summed E-state index contributed by atoms with van der Waals surface area (Å²) in [7, 11) is 0. The Kier molecular flexibility index (Phi) is 7.76. The lowest BCUT2D eigenvalue weighted by atomic mass is 9.90. The van der Waals surface area contributed by atoms with E-state index in [4.69, 9.17) is 0 Å². The van der Waals surface area contributed by atoms with E-state index >= 15 is 0 Å². The molecule has 4 amide bonds. The second-order valence-corrected chi connectivity index (χ2v) is 7.27. The Balaban J connectivity index is 1.93. The largest absolute Gasteiger partial charge is 0.352 e. The number of carbonyl (C=O) groups excluding carboxylic acids is 4. The minimum Gasteiger partial charge on any atom is -0.352 e. The number of hydrogen-bond acceptors (Lipinski definition) is 4. The van der Waals surface area contributed by atoms with Crippen LogP contribution in [0, 0.1) is 5.92 Å². The van der Waals surface area contributed by atoms with Gasteiger partial charge in [-0.2, -0.15) is 0 Å². The van der Waals surface area contributed by atoms with Gasteiger partial charge in [0.1, 0.15) is 6.04 Å². The minimum absolute atomic E-state index is 0.0540. The second kappa shape index (κ2) is 10.0. The molecule has 0 saturated carbocycles. The molecule has 1 aliphatic heterocycles. The highest BCUT2D eigenvalue weighted by molar-refractivity contribution is 6.05. The molecule has 1 fully saturated rings. The fraction of sp³-hybridized carbons (Fsp3) is 0.600. The summed E-state index contributed by atoms with van der Waals surface area (Å²) < 4.78 is 0. The molecule has 0 aromatic rings. The third kappa shape index (κ3) is 6.34. The fourth-order valence-electron chi connectivity index (χ4n) is 3.24. The lowest BCUT2D eigenvalue weighted by Gasteiger charge is -2.24. The van der Waals surface area contributed by atoms with Crippen molar-refractivity contribution in [2.45, 2.75) is 64.8 Å². The predicted octanol–water partition coefficient (Wildman–Crippen LogP) is 1.50. The Morgan fingerprint density at radius 3 is 2.67 bits per heavy atom. The van der Waals surface area contributed by atoms with Crippen molar-refractivity contribution in [3.05, 3.63) is 23.3 Å². The lowest BCUT2D eigenvalue weighted by Crippen LogP contribution is -2.52. The van der Waals surface area contributed by atoms with Gasteiger partial charge in [0, 0.05) is 24.1 Å². The van der Waals surface area contributed by atoms with Crippen LogP contribution in [0.5, 0.6) is 0 Å². The number of carbonyl (C=O) groups is 4. The Labute approximate surface area is 160 Å². The molecule has 2 atom stereocenters. The van der Waals surface area contributed by atoms with Crippen molar-refractivity contribution in [2.75, 3.05) is 6.54 Å². The van der Waals surface area contributed by atoms with E-state index in [9.17, 15) is 19.2 Å². The zero-order valence-corrected chi connectivity index (χ0v) is 16.1. The minimum atomic E-state index is -0.715. The molecule has 2 aliphatic rings. The first kappa shape index (κ1) is 20.9. The Morgan fingerprint density at radius 2 is 1.96 bits per heavy atom. The van der Waals surface area contributed by atoms with Crippen LogP contribution in [0.15, 0.2) is 23.3 Å². The lowest BCUT2D eigenvalue weighted by molar-refractivity contribution is -0.136. The molecule has 7 nitrogen and oxygen atoms in total. The van der Waals surface area contributed by atoms with E-state index in [-0.39, 0.29) is 30.1 Å². The van der Waals surface area contributed by atoms with Gasteiger partial charge in [-0.25, -0.2) is 0 Å². The zero-order chi connectivity index (χ0) is 19.8. The van der Waals surface area contributed by atoms with Gasteiger partial charge in [-0.1, -0.05) is 39.2 Å². The molecule has 1 aliphatic carbocycles. The standard InChI is InChI=1S/C20H29N3O4/c1-3-4-5-6-9-21-18(25)14-10-13(2)11-15(12-14)19(26)22-16-7-8-17(24)23-20(16)27/h10,12-13,16H,3-9,11H2,1-2H3,(H,21,25)(H,22,26)(H,23,24,27). The first-order valence-electron chi connectivity index (χ1n) is 9.75. The van der Waals surface area contributed by atoms with Gasteiger partial charge in [0.15, 0.2) is 0 Å². The molecule has 2 unspecified atom stereocenters. The maximum Gasteiger partial charge on any atom is 0.250 e. The highest BCUT2D eigenvalue weighted by Crippen LogP contribution is 2.23. The molecule has 0 aromatic carbocycles. The maximum atomic E-state index is 12.5. The first-order valence-corrected chi connectivity index (χ1v) is 9.75. The molecule has 0 aromatic heterocycles. The van der Waals surface area contributed by atoms with Gasteiger partial charge in [0.25, 0.3) is 5.91 Å². The van der Waals surface area contributed by atoms with Crippen LogP contribution < -0.4 is 16.0 Å². The molecule has 0 bridgehead atoms. The maximum absolute atomic E-state index is 12.5. The topological polar surface area (TPSA) is 104 Å². The number of amides is 4. The molecular weight excluding hydrogens is 346 g/mol. The van der Waals surface area contributed by atoms with Gasteiger partial charge in [-0.15, -0.1) is 0 Å². The fourth-order valence-corrected chi connectivity index (χ4v) is 3.24. The molecular formula is C20H29N3O4. The average Bonchev–Trinajstić information content (AvgIpc) is 2.63. The van der Waals surface area contributed by atoms with Crippen molar-refractivity contribution >= 4 is 23.6 Å². The van der Waals surface area contributed by atoms with E-state index in [0.29, 0.717) is 30.5 Å². The van der Waals surface area contributed by atoms with E-state index in [0.717, 1.165) is 25.7 Å². The van der Waals surface area contributed by atoms with Crippen LogP contribution >= 0.6 is 0 Å². The molecule has 148 valence electrons. The van der Waals surface area contributed by atoms with Crippen LogP contribution in [0.25, 0.3) is 0 Å². The van der Waals surface area contributed by atoms with Crippen molar-refractivity contribution in [1.29, 1.82) is 0 Å². The Bertz CT molecular complexity index is 666. The summed E-state index contributed by atoms with van der Waals surface area (Å²) in [6, 6.07) is -0.715. The third-order valence-electron chi connectivity index (χ3n) is 4.75. The highest BCUT2D eigenvalue weighted by Gasteiger charge is 2.29. The molecule has 7 heteroatoms. The third-order valence-corrected chi connectivity index (χ3v) is 4.75. The van der Waals surface area contributed by atoms with E-state index in [2.05, 4.69) is 22.9 Å². The molecule has 2 rings (SSSR count). The SMILES string of the molecule is CCCCCCNC(=O)C1=CC(C)CC(C(=O)NC2CCC(=O)NC2=O)=C1. The summed E-state index contributed by atoms with van der Waals surface area (Å²) in [5, 5.41) is 7.80. The van der Waals surface area contributed by atoms with Gasteiger partial charge in [-0.3, -0.25) is 24.5 Å². The number of unbranched alkanes of at least 4 members (excludes halogenated alkanes) is 3. The summed E-state index contributed by atoms with van der Waals surface area (Å²) in [5.41, 5.74) is 0.962. The van der Waals surface area contributed by atoms with E-state index < -0.39 is 11.9 Å². The van der Waals surface area contributed by atoms with Gasteiger partial charge >= 0.3 is 0 Å². The number of allylic oxidation sites excluding steroid dienone is 1. The first-order chi connectivity index (χ1) is 12.9. The molecule has 0 radical (unpaired) electrons. The summed E-state index contributed by atoms with van der Waals surface area (Å²) >= 11 is 0. The number of hydrogen-bond donors (Lipinski definition) is 3. The molecule has 0 spiro atoms. The summed E-state index contributed by atoms with van der Waals surface area (Å²) in [6.07, 6.45) is 8.79. The van der Waals surface area contributed by atoms with Crippen molar-refractivity contribution in [2.24, 2.45) is 5.92 Å². The van der Waals surface area contributed by atoms with Crippen LogP contribution in [0.3, 0.4) is 0 Å². The number of imide groups is 1. The smallest absolute Gasteiger partial charge is 0.250 e. The van der Waals surface area contributed by atoms with Gasteiger partial charge in [0.2, 0.25) is 17.7 Å². The van der Waals surface area contributed by atoms with Crippen molar-refractivity contribution in [3.63, 3.8) is 0 Å². The predicted molar refractivity (Wildman–Crippen MR) is 101 cm³/mol. The van der Waals surface area contributed by atoms with Crippen molar-refractivity contribution < 1.29 is 19.2 Å². The van der Waals surface area contributed by atoms with Crippen LogP contribution in [-0.4, -0.2) is 36.2 Å². The Morgan fingerprint density at radius 1 is 1.19 bits per heavy atom. The summed E-state index contributed by atoms with van der Waals surface area (Å²) in [6.45, 7) is 4.70.